The lowest BCUT2D eigenvalue weighted by atomic mass is 10.1. The van der Waals surface area contributed by atoms with Crippen LogP contribution in [0.25, 0.3) is 28.3 Å². The molecule has 0 amide bonds. The molecule has 0 radical (unpaired) electrons. The van der Waals surface area contributed by atoms with Crippen molar-refractivity contribution in [1.82, 2.24) is 19.0 Å². The Kier molecular flexibility index (Phi) is 5.26. The van der Waals surface area contributed by atoms with Gasteiger partial charge in [0.15, 0.2) is 5.82 Å². The third kappa shape index (κ3) is 3.82. The van der Waals surface area contributed by atoms with Crippen molar-refractivity contribution in [3.63, 3.8) is 0 Å². The van der Waals surface area contributed by atoms with Gasteiger partial charge in [-0.3, -0.25) is 4.57 Å². The van der Waals surface area contributed by atoms with Gasteiger partial charge in [-0.2, -0.15) is 0 Å². The van der Waals surface area contributed by atoms with Crippen LogP contribution in [0.2, 0.25) is 0 Å². The van der Waals surface area contributed by atoms with E-state index >= 15 is 0 Å². The molecule has 4 heterocycles. The molecule has 2 aliphatic heterocycles. The number of hydrogen-bond donors (Lipinski definition) is 0. The molecule has 4 aromatic rings. The van der Waals surface area contributed by atoms with Crippen molar-refractivity contribution in [1.29, 1.82) is 0 Å². The van der Waals surface area contributed by atoms with Gasteiger partial charge in [0.25, 0.3) is 0 Å². The number of halogens is 1. The van der Waals surface area contributed by atoms with E-state index in [1.54, 1.807) is 0 Å². The zero-order valence-corrected chi connectivity index (χ0v) is 19.8. The summed E-state index contributed by atoms with van der Waals surface area (Å²) in [4.78, 5) is 9.51. The zero-order valence-electron chi connectivity index (χ0n) is 19.8. The first kappa shape index (κ1) is 21.2. The second-order valence-electron chi connectivity index (χ2n) is 9.88. The van der Waals surface area contributed by atoms with E-state index in [0.717, 1.165) is 54.7 Å². The van der Waals surface area contributed by atoms with Gasteiger partial charge in [0.2, 0.25) is 0 Å². The third-order valence-electron chi connectivity index (χ3n) is 7.24. The molecule has 1 atom stereocenters. The monoisotopic (exact) mass is 455 g/mol. The third-order valence-corrected chi connectivity index (χ3v) is 7.24. The topological polar surface area (TPSA) is 29.2 Å². The molecule has 2 aromatic carbocycles. The van der Waals surface area contributed by atoms with Crippen LogP contribution in [0.5, 0.6) is 0 Å². The van der Waals surface area contributed by atoms with E-state index in [2.05, 4.69) is 63.5 Å². The van der Waals surface area contributed by atoms with Crippen LogP contribution in [0.15, 0.2) is 67.1 Å². The Morgan fingerprint density at radius 3 is 2.74 bits per heavy atom. The number of aromatic nitrogens is 3. The number of benzene rings is 2. The van der Waals surface area contributed by atoms with E-state index < -0.39 is 0 Å². The summed E-state index contributed by atoms with van der Waals surface area (Å²) in [5, 5.41) is 0. The summed E-state index contributed by atoms with van der Waals surface area (Å²) in [6.07, 6.45) is 8.59. The molecule has 0 bridgehead atoms. The Morgan fingerprint density at radius 2 is 1.91 bits per heavy atom. The summed E-state index contributed by atoms with van der Waals surface area (Å²) in [5.74, 6) is 1.48. The van der Waals surface area contributed by atoms with E-state index in [-0.39, 0.29) is 5.82 Å². The van der Waals surface area contributed by atoms with Gasteiger partial charge in [0.05, 0.1) is 11.4 Å². The molecule has 1 saturated heterocycles. The van der Waals surface area contributed by atoms with Gasteiger partial charge in [0, 0.05) is 49.5 Å². The Balaban J connectivity index is 1.33. The van der Waals surface area contributed by atoms with Crippen LogP contribution >= 0.6 is 0 Å². The van der Waals surface area contributed by atoms with E-state index in [1.807, 2.05) is 24.5 Å². The molecule has 5 nitrogen and oxygen atoms in total. The van der Waals surface area contributed by atoms with Crippen LogP contribution in [0.1, 0.15) is 18.4 Å². The molecular formula is C28H30FN5. The molecule has 174 valence electrons. The minimum atomic E-state index is -0.215. The van der Waals surface area contributed by atoms with E-state index in [9.17, 15) is 4.39 Å². The molecule has 6 heteroatoms. The predicted octanol–water partition coefficient (Wildman–Crippen LogP) is 5.29. The molecule has 1 fully saturated rings. The van der Waals surface area contributed by atoms with Crippen LogP contribution in [0.4, 0.5) is 10.1 Å². The standard InChI is InChI=1S/C28H30FN5/c1-31(2)12-9-20-10-13-32(17-20)25-7-8-26-23(15-25)19-33-18-22(21-3-5-24(29)6-4-21)16-27(33)28-30-11-14-34(26)28/h3-8,11,14-16,18,20H,9-10,12-13,17,19H2,1-2H3. The highest BCUT2D eigenvalue weighted by atomic mass is 19.1. The number of fused-ring (bicyclic) bond motifs is 5. The number of imidazole rings is 1. The molecule has 0 aliphatic carbocycles. The largest absolute Gasteiger partial charge is 0.371 e. The highest BCUT2D eigenvalue weighted by molar-refractivity contribution is 5.72. The van der Waals surface area contributed by atoms with Gasteiger partial charge < -0.3 is 14.4 Å². The second kappa shape index (κ2) is 8.44. The van der Waals surface area contributed by atoms with Gasteiger partial charge in [-0.1, -0.05) is 12.1 Å². The van der Waals surface area contributed by atoms with Crippen LogP contribution in [-0.2, 0) is 6.54 Å². The van der Waals surface area contributed by atoms with E-state index in [4.69, 9.17) is 4.98 Å². The fourth-order valence-corrected chi connectivity index (χ4v) is 5.37. The normalized spacial score (nSPS) is 16.9. The molecule has 1 unspecified atom stereocenters. The highest BCUT2D eigenvalue weighted by Gasteiger charge is 2.25. The highest BCUT2D eigenvalue weighted by Crippen LogP contribution is 2.36. The Labute approximate surface area is 200 Å². The Hall–Kier alpha value is -3.38. The van der Waals surface area contributed by atoms with Crippen LogP contribution in [0, 0.1) is 11.7 Å². The van der Waals surface area contributed by atoms with Gasteiger partial charge in [0.1, 0.15) is 5.82 Å². The van der Waals surface area contributed by atoms with Gasteiger partial charge in [-0.05, 0) is 86.9 Å². The second-order valence-corrected chi connectivity index (χ2v) is 9.88. The predicted molar refractivity (Wildman–Crippen MR) is 135 cm³/mol. The molecular weight excluding hydrogens is 425 g/mol. The Bertz CT molecular complexity index is 1320. The molecule has 6 rings (SSSR count). The average Bonchev–Trinajstić information content (AvgIpc) is 3.57. The number of nitrogens with zero attached hydrogens (tertiary/aromatic N) is 5. The van der Waals surface area contributed by atoms with Gasteiger partial charge >= 0.3 is 0 Å². The van der Waals surface area contributed by atoms with Crippen molar-refractivity contribution in [2.24, 2.45) is 5.92 Å². The fourth-order valence-electron chi connectivity index (χ4n) is 5.37. The lowest BCUT2D eigenvalue weighted by molar-refractivity contribution is 0.361. The number of anilines is 1. The smallest absolute Gasteiger partial charge is 0.161 e. The first-order valence-corrected chi connectivity index (χ1v) is 12.1. The van der Waals surface area contributed by atoms with Crippen molar-refractivity contribution in [3.05, 3.63) is 78.5 Å². The first-order valence-electron chi connectivity index (χ1n) is 12.1. The zero-order chi connectivity index (χ0) is 23.2. The van der Waals surface area contributed by atoms with Crippen molar-refractivity contribution < 1.29 is 4.39 Å². The lowest BCUT2D eigenvalue weighted by Crippen LogP contribution is -2.22. The lowest BCUT2D eigenvalue weighted by Gasteiger charge is -2.21. The summed E-state index contributed by atoms with van der Waals surface area (Å²) in [6, 6.07) is 15.7. The summed E-state index contributed by atoms with van der Waals surface area (Å²) >= 11 is 0. The van der Waals surface area contributed by atoms with E-state index in [1.165, 1.54) is 41.9 Å². The quantitative estimate of drug-likeness (QED) is 0.361. The number of rotatable bonds is 5. The number of hydrogen-bond acceptors (Lipinski definition) is 3. The summed E-state index contributed by atoms with van der Waals surface area (Å²) < 4.78 is 17.9. The van der Waals surface area contributed by atoms with Crippen LogP contribution < -0.4 is 4.90 Å². The van der Waals surface area contributed by atoms with Crippen molar-refractivity contribution in [2.75, 3.05) is 38.6 Å². The Morgan fingerprint density at radius 1 is 1.06 bits per heavy atom. The summed E-state index contributed by atoms with van der Waals surface area (Å²) in [6.45, 7) is 4.18. The molecule has 0 saturated carbocycles. The van der Waals surface area contributed by atoms with Gasteiger partial charge in [-0.15, -0.1) is 0 Å². The van der Waals surface area contributed by atoms with Crippen molar-refractivity contribution in [2.45, 2.75) is 19.4 Å². The van der Waals surface area contributed by atoms with Crippen LogP contribution in [0.3, 0.4) is 0 Å². The SMILES string of the molecule is CN(C)CCC1CCN(c2ccc3c(c2)Cn2cc(-c4ccc(F)cc4)cc2-c2nccn2-3)C1. The fraction of sp³-hybridized carbons (Fsp3) is 0.321. The van der Waals surface area contributed by atoms with Crippen molar-refractivity contribution >= 4 is 5.69 Å². The molecule has 2 aromatic heterocycles. The molecule has 0 N–H and O–H groups in total. The summed E-state index contributed by atoms with van der Waals surface area (Å²) in [5.41, 5.74) is 6.94. The maximum absolute atomic E-state index is 13.4. The molecule has 34 heavy (non-hydrogen) atoms. The average molecular weight is 456 g/mol. The summed E-state index contributed by atoms with van der Waals surface area (Å²) in [7, 11) is 4.31. The minimum absolute atomic E-state index is 0.215. The van der Waals surface area contributed by atoms with E-state index in [0.29, 0.717) is 0 Å². The van der Waals surface area contributed by atoms with Crippen molar-refractivity contribution in [3.8, 4) is 28.3 Å². The van der Waals surface area contributed by atoms with Crippen LogP contribution in [-0.4, -0.2) is 52.7 Å². The first-order chi connectivity index (χ1) is 16.5. The van der Waals surface area contributed by atoms with Gasteiger partial charge in [-0.25, -0.2) is 9.37 Å². The maximum Gasteiger partial charge on any atom is 0.161 e. The molecule has 0 spiro atoms. The molecule has 2 aliphatic rings. The maximum atomic E-state index is 13.4. The minimum Gasteiger partial charge on any atom is -0.371 e.